The normalized spacial score (nSPS) is 10.9. The summed E-state index contributed by atoms with van der Waals surface area (Å²) in [7, 11) is 0. The van der Waals surface area contributed by atoms with Crippen molar-refractivity contribution in [2.75, 3.05) is 0 Å². The second-order valence-electron chi connectivity index (χ2n) is 8.19. The predicted molar refractivity (Wildman–Crippen MR) is 141 cm³/mol. The molecule has 0 spiro atoms. The summed E-state index contributed by atoms with van der Waals surface area (Å²) in [4.78, 5) is 12.9. The number of nitrogens with one attached hydrogen (secondary N) is 1. The number of hydrogen-bond donors (Lipinski definition) is 1. The van der Waals surface area contributed by atoms with Gasteiger partial charge in [-0.1, -0.05) is 60.7 Å². The molecule has 1 heterocycles. The average Bonchev–Trinajstić information content (AvgIpc) is 3.37. The average molecular weight is 491 g/mol. The van der Waals surface area contributed by atoms with Crippen LogP contribution in [0.2, 0.25) is 0 Å². The van der Waals surface area contributed by atoms with Gasteiger partial charge in [-0.2, -0.15) is 10.2 Å². The number of aromatic nitrogens is 2. The number of carbonyl (C=O) groups is 1. The maximum Gasteiger partial charge on any atom is 0.275 e. The lowest BCUT2D eigenvalue weighted by Gasteiger charge is -2.10. The van der Waals surface area contributed by atoms with E-state index in [1.807, 2.05) is 66.7 Å². The first-order chi connectivity index (χ1) is 18.2. The van der Waals surface area contributed by atoms with Crippen LogP contribution in [0.15, 0.2) is 120 Å². The predicted octanol–water partition coefficient (Wildman–Crippen LogP) is 6.02. The SMILES string of the molecule is O=C(NN=Cc1cn(-c2ccccc2)nc1-c1ccc(F)cc1)c1ccccc1OCc1ccccc1. The van der Waals surface area contributed by atoms with E-state index >= 15 is 0 Å². The molecule has 0 aliphatic heterocycles. The highest BCUT2D eigenvalue weighted by Crippen LogP contribution is 2.23. The van der Waals surface area contributed by atoms with Crippen LogP contribution in [-0.4, -0.2) is 21.9 Å². The molecular formula is C30H23FN4O2. The number of rotatable bonds is 8. The molecule has 0 fully saturated rings. The van der Waals surface area contributed by atoms with Crippen LogP contribution < -0.4 is 10.2 Å². The van der Waals surface area contributed by atoms with Gasteiger partial charge in [0.25, 0.3) is 5.91 Å². The molecule has 0 bridgehead atoms. The smallest absolute Gasteiger partial charge is 0.275 e. The second-order valence-corrected chi connectivity index (χ2v) is 8.19. The molecule has 0 aliphatic carbocycles. The minimum atomic E-state index is -0.404. The number of hydrogen-bond acceptors (Lipinski definition) is 4. The Labute approximate surface area is 213 Å². The minimum absolute atomic E-state index is 0.332. The van der Waals surface area contributed by atoms with Crippen LogP contribution in [0, 0.1) is 5.82 Å². The fourth-order valence-corrected chi connectivity index (χ4v) is 3.76. The van der Waals surface area contributed by atoms with E-state index in [0.29, 0.717) is 29.2 Å². The zero-order valence-electron chi connectivity index (χ0n) is 19.8. The van der Waals surface area contributed by atoms with Gasteiger partial charge in [0.15, 0.2) is 0 Å². The quantitative estimate of drug-likeness (QED) is 0.214. The summed E-state index contributed by atoms with van der Waals surface area (Å²) < 4.78 is 21.1. The molecule has 182 valence electrons. The van der Waals surface area contributed by atoms with Crippen molar-refractivity contribution < 1.29 is 13.9 Å². The summed E-state index contributed by atoms with van der Waals surface area (Å²) in [6.45, 7) is 0.341. The maximum atomic E-state index is 13.5. The van der Waals surface area contributed by atoms with Crippen molar-refractivity contribution in [1.82, 2.24) is 15.2 Å². The van der Waals surface area contributed by atoms with E-state index in [9.17, 15) is 9.18 Å². The monoisotopic (exact) mass is 490 g/mol. The van der Waals surface area contributed by atoms with Crippen LogP contribution in [-0.2, 0) is 6.61 Å². The fraction of sp³-hybridized carbons (Fsp3) is 0.0333. The second kappa shape index (κ2) is 11.1. The third-order valence-corrected chi connectivity index (χ3v) is 5.62. The van der Waals surface area contributed by atoms with Crippen molar-refractivity contribution >= 4 is 12.1 Å². The molecule has 5 aromatic rings. The number of ether oxygens (including phenoxy) is 1. The van der Waals surface area contributed by atoms with Crippen LogP contribution in [0.4, 0.5) is 4.39 Å². The molecular weight excluding hydrogens is 467 g/mol. The standard InChI is InChI=1S/C30H23FN4O2/c31-25-17-15-23(16-18-25)29-24(20-35(34-29)26-11-5-2-6-12-26)19-32-33-30(36)27-13-7-8-14-28(27)37-21-22-9-3-1-4-10-22/h1-20H,21H2,(H,33,36). The summed E-state index contributed by atoms with van der Waals surface area (Å²) in [5, 5.41) is 8.85. The Kier molecular flexibility index (Phi) is 7.13. The van der Waals surface area contributed by atoms with Gasteiger partial charge in [0.05, 0.1) is 17.5 Å². The summed E-state index contributed by atoms with van der Waals surface area (Å²) in [5.74, 6) is -0.275. The van der Waals surface area contributed by atoms with Crippen molar-refractivity contribution in [3.63, 3.8) is 0 Å². The molecule has 1 amide bonds. The summed E-state index contributed by atoms with van der Waals surface area (Å²) in [5.41, 5.74) is 6.79. The lowest BCUT2D eigenvalue weighted by Crippen LogP contribution is -2.18. The largest absolute Gasteiger partial charge is 0.488 e. The van der Waals surface area contributed by atoms with Gasteiger partial charge in [0.1, 0.15) is 23.9 Å². The molecule has 6 nitrogen and oxygen atoms in total. The van der Waals surface area contributed by atoms with E-state index in [2.05, 4.69) is 15.6 Å². The highest BCUT2D eigenvalue weighted by atomic mass is 19.1. The first-order valence-corrected chi connectivity index (χ1v) is 11.7. The Morgan fingerprint density at radius 3 is 2.32 bits per heavy atom. The lowest BCUT2D eigenvalue weighted by atomic mass is 10.1. The van der Waals surface area contributed by atoms with E-state index in [-0.39, 0.29) is 5.82 Å². The van der Waals surface area contributed by atoms with Crippen LogP contribution in [0.1, 0.15) is 21.5 Å². The van der Waals surface area contributed by atoms with Gasteiger partial charge in [0, 0.05) is 17.3 Å². The van der Waals surface area contributed by atoms with Crippen molar-refractivity contribution in [3.8, 4) is 22.7 Å². The number of amides is 1. The van der Waals surface area contributed by atoms with E-state index in [1.165, 1.54) is 18.3 Å². The van der Waals surface area contributed by atoms with Gasteiger partial charge in [-0.25, -0.2) is 14.5 Å². The van der Waals surface area contributed by atoms with Crippen LogP contribution in [0.5, 0.6) is 5.75 Å². The summed E-state index contributed by atoms with van der Waals surface area (Å²) >= 11 is 0. The molecule has 1 N–H and O–H groups in total. The lowest BCUT2D eigenvalue weighted by molar-refractivity contribution is 0.0950. The Balaban J connectivity index is 1.36. The molecule has 1 aromatic heterocycles. The fourth-order valence-electron chi connectivity index (χ4n) is 3.76. The Hall–Kier alpha value is -5.04. The van der Waals surface area contributed by atoms with E-state index in [0.717, 1.165) is 16.8 Å². The molecule has 5 rings (SSSR count). The topological polar surface area (TPSA) is 68.5 Å². The summed E-state index contributed by atoms with van der Waals surface area (Å²) in [6, 6.07) is 32.4. The molecule has 0 atom stereocenters. The van der Waals surface area contributed by atoms with Gasteiger partial charge in [-0.3, -0.25) is 4.79 Å². The molecule has 37 heavy (non-hydrogen) atoms. The van der Waals surface area contributed by atoms with Gasteiger partial charge in [-0.05, 0) is 54.1 Å². The van der Waals surface area contributed by atoms with E-state index in [4.69, 9.17) is 4.74 Å². The molecule has 0 saturated heterocycles. The van der Waals surface area contributed by atoms with Crippen molar-refractivity contribution in [1.29, 1.82) is 0 Å². The third-order valence-electron chi connectivity index (χ3n) is 5.62. The Morgan fingerprint density at radius 2 is 1.57 bits per heavy atom. The number of nitrogens with zero attached hydrogens (tertiary/aromatic N) is 3. The van der Waals surface area contributed by atoms with Gasteiger partial charge >= 0.3 is 0 Å². The van der Waals surface area contributed by atoms with Gasteiger partial charge < -0.3 is 4.74 Å². The molecule has 0 aliphatic rings. The van der Waals surface area contributed by atoms with Crippen LogP contribution >= 0.6 is 0 Å². The summed E-state index contributed by atoms with van der Waals surface area (Å²) in [6.07, 6.45) is 3.33. The van der Waals surface area contributed by atoms with Crippen molar-refractivity contribution in [3.05, 3.63) is 138 Å². The zero-order chi connectivity index (χ0) is 25.5. The Morgan fingerprint density at radius 1 is 0.892 bits per heavy atom. The van der Waals surface area contributed by atoms with Gasteiger partial charge in [0.2, 0.25) is 0 Å². The van der Waals surface area contributed by atoms with Crippen LogP contribution in [0.3, 0.4) is 0 Å². The first-order valence-electron chi connectivity index (χ1n) is 11.7. The van der Waals surface area contributed by atoms with E-state index in [1.54, 1.807) is 41.2 Å². The highest BCUT2D eigenvalue weighted by molar-refractivity contribution is 5.98. The first kappa shape index (κ1) is 23.7. The van der Waals surface area contributed by atoms with Crippen molar-refractivity contribution in [2.24, 2.45) is 5.10 Å². The number of benzene rings is 4. The van der Waals surface area contributed by atoms with Crippen molar-refractivity contribution in [2.45, 2.75) is 6.61 Å². The van der Waals surface area contributed by atoms with Gasteiger partial charge in [-0.15, -0.1) is 0 Å². The molecule has 7 heteroatoms. The minimum Gasteiger partial charge on any atom is -0.488 e. The van der Waals surface area contributed by atoms with E-state index < -0.39 is 5.91 Å². The molecule has 0 unspecified atom stereocenters. The third kappa shape index (κ3) is 5.79. The number of para-hydroxylation sites is 2. The van der Waals surface area contributed by atoms with Crippen LogP contribution in [0.25, 0.3) is 16.9 Å². The highest BCUT2D eigenvalue weighted by Gasteiger charge is 2.14. The maximum absolute atomic E-state index is 13.5. The zero-order valence-corrected chi connectivity index (χ0v) is 19.8. The molecule has 0 saturated carbocycles. The number of halogens is 1. The molecule has 4 aromatic carbocycles. The number of hydrazone groups is 1. The number of carbonyl (C=O) groups excluding carboxylic acids is 1. The molecule has 0 radical (unpaired) electrons. The Bertz CT molecular complexity index is 1510.